The molecule has 3 N–H and O–H groups in total. The maximum Gasteiger partial charge on any atom is 0.407 e. The topological polar surface area (TPSA) is 102 Å². The van der Waals surface area contributed by atoms with Crippen LogP contribution in [0.5, 0.6) is 11.5 Å². The van der Waals surface area contributed by atoms with Gasteiger partial charge in [0, 0.05) is 31.1 Å². The fourth-order valence-corrected chi connectivity index (χ4v) is 4.00. The number of rotatable bonds is 3. The molecule has 0 radical (unpaired) electrons. The van der Waals surface area contributed by atoms with Crippen molar-refractivity contribution in [3.8, 4) is 11.5 Å². The van der Waals surface area contributed by atoms with Crippen LogP contribution in [0.2, 0.25) is 0 Å². The van der Waals surface area contributed by atoms with Gasteiger partial charge in [0.15, 0.2) is 11.5 Å². The number of ether oxygens (including phenoxy) is 2. The minimum Gasteiger partial charge on any atom is -0.465 e. The summed E-state index contributed by atoms with van der Waals surface area (Å²) in [6.07, 6.45) is 0.429. The lowest BCUT2D eigenvalue weighted by atomic mass is 9.89. The van der Waals surface area contributed by atoms with Gasteiger partial charge >= 0.3 is 6.09 Å². The van der Waals surface area contributed by atoms with E-state index in [1.807, 2.05) is 12.1 Å². The first-order valence-electron chi connectivity index (χ1n) is 9.37. The first-order valence-corrected chi connectivity index (χ1v) is 9.37. The lowest BCUT2D eigenvalue weighted by Gasteiger charge is -2.30. The second-order valence-corrected chi connectivity index (χ2v) is 7.43. The second-order valence-electron chi connectivity index (χ2n) is 7.43. The average Bonchev–Trinajstić information content (AvgIpc) is 3.04. The molecule has 0 spiro atoms. The number of fused-ring (bicyclic) bond motifs is 1. The Bertz CT molecular complexity index is 987. The van der Waals surface area contributed by atoms with Crippen molar-refractivity contribution in [2.45, 2.75) is 31.5 Å². The Balaban J connectivity index is 1.61. The van der Waals surface area contributed by atoms with Crippen LogP contribution in [0.25, 0.3) is 0 Å². The summed E-state index contributed by atoms with van der Waals surface area (Å²) in [6, 6.07) is 9.48. The molecule has 0 aromatic heterocycles. The van der Waals surface area contributed by atoms with Crippen molar-refractivity contribution in [3.05, 3.63) is 58.9 Å². The fourth-order valence-electron chi connectivity index (χ4n) is 4.00. The molecule has 2 amide bonds. The number of carbonyl (C=O) groups excluding carboxylic acids is 1. The Morgan fingerprint density at radius 2 is 1.93 bits per heavy atom. The van der Waals surface area contributed by atoms with Crippen LogP contribution in [0.1, 0.15) is 47.2 Å². The van der Waals surface area contributed by atoms with Crippen LogP contribution >= 0.6 is 0 Å². The van der Waals surface area contributed by atoms with Crippen LogP contribution in [-0.2, 0) is 5.79 Å². The highest BCUT2D eigenvalue weighted by molar-refractivity contribution is 5.92. The number of hydrogen-bond donors (Lipinski definition) is 2. The van der Waals surface area contributed by atoms with E-state index in [0.717, 1.165) is 11.6 Å². The number of carbonyl (C=O) groups is 2. The normalized spacial score (nSPS) is 21.2. The molecular weight excluding hydrogens is 379 g/mol. The van der Waals surface area contributed by atoms with Crippen molar-refractivity contribution < 1.29 is 28.6 Å². The number of para-hydroxylation sites is 1. The number of primary amides is 1. The second kappa shape index (κ2) is 6.95. The Labute approximate surface area is 166 Å². The van der Waals surface area contributed by atoms with E-state index in [1.165, 1.54) is 17.0 Å². The predicted octanol–water partition coefficient (Wildman–Crippen LogP) is 3.43. The third-order valence-electron chi connectivity index (χ3n) is 5.56. The smallest absolute Gasteiger partial charge is 0.407 e. The summed E-state index contributed by atoms with van der Waals surface area (Å²) < 4.78 is 26.8. The standard InChI is InChI=1S/C21H21FN2O5/c1-21(15-6-5-13(19(23)25)11-16(15)22)28-17-4-2-3-14(18(17)29-21)12-7-9-24(10-8-12)20(26)27/h2-6,11-12H,7-10H2,1H3,(H2,23,25)(H,26,27). The van der Waals surface area contributed by atoms with Gasteiger partial charge in [-0.25, -0.2) is 9.18 Å². The van der Waals surface area contributed by atoms with E-state index in [2.05, 4.69) is 0 Å². The maximum atomic E-state index is 14.7. The van der Waals surface area contributed by atoms with Crippen molar-refractivity contribution in [1.82, 2.24) is 4.90 Å². The number of halogens is 1. The lowest BCUT2D eigenvalue weighted by molar-refractivity contribution is -0.0712. The molecule has 2 aromatic rings. The number of hydrogen-bond acceptors (Lipinski definition) is 4. The zero-order valence-corrected chi connectivity index (χ0v) is 15.9. The summed E-state index contributed by atoms with van der Waals surface area (Å²) in [7, 11) is 0. The molecule has 0 bridgehead atoms. The van der Waals surface area contributed by atoms with Gasteiger partial charge in [-0.05, 0) is 43.0 Å². The van der Waals surface area contributed by atoms with Crippen LogP contribution in [0.3, 0.4) is 0 Å². The van der Waals surface area contributed by atoms with E-state index in [9.17, 15) is 14.0 Å². The Hall–Kier alpha value is -3.29. The molecule has 0 aliphatic carbocycles. The monoisotopic (exact) mass is 400 g/mol. The molecule has 2 aliphatic rings. The number of nitrogens with two attached hydrogens (primary N) is 1. The minimum absolute atomic E-state index is 0.0660. The predicted molar refractivity (Wildman–Crippen MR) is 102 cm³/mol. The Kier molecular flexibility index (Phi) is 4.56. The van der Waals surface area contributed by atoms with Gasteiger partial charge in [0.1, 0.15) is 5.82 Å². The van der Waals surface area contributed by atoms with Crippen LogP contribution < -0.4 is 15.2 Å². The van der Waals surface area contributed by atoms with Crippen molar-refractivity contribution in [2.24, 2.45) is 5.73 Å². The SMILES string of the molecule is CC1(c2ccc(C(N)=O)cc2F)Oc2cccc(C3CCN(C(=O)O)CC3)c2O1. The molecule has 1 fully saturated rings. The number of benzene rings is 2. The largest absolute Gasteiger partial charge is 0.465 e. The Morgan fingerprint density at radius 3 is 2.55 bits per heavy atom. The van der Waals surface area contributed by atoms with Crippen LogP contribution in [0.4, 0.5) is 9.18 Å². The first kappa shape index (κ1) is 19.0. The van der Waals surface area contributed by atoms with Crippen LogP contribution in [0, 0.1) is 5.82 Å². The summed E-state index contributed by atoms with van der Waals surface area (Å²) in [5, 5.41) is 9.14. The summed E-state index contributed by atoms with van der Waals surface area (Å²) in [5.74, 6) is -1.58. The molecule has 2 aliphatic heterocycles. The number of carboxylic acid groups (broad SMARTS) is 1. The highest BCUT2D eigenvalue weighted by Crippen LogP contribution is 2.49. The fraction of sp³-hybridized carbons (Fsp3) is 0.333. The number of piperidine rings is 1. The minimum atomic E-state index is -1.39. The number of amides is 2. The zero-order valence-electron chi connectivity index (χ0n) is 15.9. The summed E-state index contributed by atoms with van der Waals surface area (Å²) >= 11 is 0. The summed E-state index contributed by atoms with van der Waals surface area (Å²) in [6.45, 7) is 2.52. The first-order chi connectivity index (χ1) is 13.8. The van der Waals surface area contributed by atoms with E-state index in [4.69, 9.17) is 20.3 Å². The molecule has 1 saturated heterocycles. The van der Waals surface area contributed by atoms with E-state index >= 15 is 0 Å². The quantitative estimate of drug-likeness (QED) is 0.822. The van der Waals surface area contributed by atoms with Gasteiger partial charge in [0.25, 0.3) is 5.79 Å². The van der Waals surface area contributed by atoms with Gasteiger partial charge in [-0.1, -0.05) is 12.1 Å². The molecular formula is C21H21FN2O5. The average molecular weight is 400 g/mol. The van der Waals surface area contributed by atoms with E-state index in [1.54, 1.807) is 13.0 Å². The third-order valence-corrected chi connectivity index (χ3v) is 5.56. The molecule has 152 valence electrons. The van der Waals surface area contributed by atoms with Crippen molar-refractivity contribution in [1.29, 1.82) is 0 Å². The summed E-state index contributed by atoms with van der Waals surface area (Å²) in [5.41, 5.74) is 6.36. The van der Waals surface area contributed by atoms with Crippen molar-refractivity contribution in [2.75, 3.05) is 13.1 Å². The highest BCUT2D eigenvalue weighted by atomic mass is 19.1. The van der Waals surface area contributed by atoms with Crippen LogP contribution in [0.15, 0.2) is 36.4 Å². The van der Waals surface area contributed by atoms with Gasteiger partial charge in [-0.2, -0.15) is 0 Å². The molecule has 2 heterocycles. The van der Waals surface area contributed by atoms with Gasteiger partial charge in [0.2, 0.25) is 5.91 Å². The van der Waals surface area contributed by atoms with E-state index in [0.29, 0.717) is 37.4 Å². The van der Waals surface area contributed by atoms with Crippen LogP contribution in [-0.4, -0.2) is 35.1 Å². The molecule has 2 aromatic carbocycles. The zero-order chi connectivity index (χ0) is 20.8. The number of nitrogens with zero attached hydrogens (tertiary/aromatic N) is 1. The Morgan fingerprint density at radius 1 is 1.21 bits per heavy atom. The van der Waals surface area contributed by atoms with Gasteiger partial charge in [-0.15, -0.1) is 0 Å². The molecule has 1 unspecified atom stereocenters. The van der Waals surface area contributed by atoms with E-state index < -0.39 is 23.6 Å². The summed E-state index contributed by atoms with van der Waals surface area (Å²) in [4.78, 5) is 23.8. The van der Waals surface area contributed by atoms with Crippen molar-refractivity contribution in [3.63, 3.8) is 0 Å². The molecule has 8 heteroatoms. The highest BCUT2D eigenvalue weighted by Gasteiger charge is 2.43. The molecule has 29 heavy (non-hydrogen) atoms. The molecule has 1 atom stereocenters. The van der Waals surface area contributed by atoms with Gasteiger partial charge < -0.3 is 25.2 Å². The molecule has 4 rings (SSSR count). The van der Waals surface area contributed by atoms with Crippen molar-refractivity contribution >= 4 is 12.0 Å². The molecule has 0 saturated carbocycles. The molecule has 7 nitrogen and oxygen atoms in total. The van der Waals surface area contributed by atoms with Gasteiger partial charge in [-0.3, -0.25) is 4.79 Å². The number of likely N-dealkylation sites (tertiary alicyclic amines) is 1. The lowest BCUT2D eigenvalue weighted by Crippen LogP contribution is -2.37. The van der Waals surface area contributed by atoms with Gasteiger partial charge in [0.05, 0.1) is 5.56 Å². The van der Waals surface area contributed by atoms with E-state index in [-0.39, 0.29) is 17.0 Å². The third kappa shape index (κ3) is 3.35. The maximum absolute atomic E-state index is 14.7.